The van der Waals surface area contributed by atoms with Crippen molar-refractivity contribution in [3.8, 4) is 17.0 Å². The Morgan fingerprint density at radius 3 is 2.75 bits per heavy atom. The van der Waals surface area contributed by atoms with Crippen LogP contribution in [0.15, 0.2) is 45.9 Å². The monoisotopic (exact) mass is 524 g/mol. The molecule has 1 aromatic carbocycles. The number of aromatic nitrogens is 3. The average Bonchev–Trinajstić information content (AvgIpc) is 3.23. The van der Waals surface area contributed by atoms with Crippen LogP contribution in [-0.2, 0) is 27.4 Å². The predicted octanol–water partition coefficient (Wildman–Crippen LogP) is 3.92. The first kappa shape index (κ1) is 25.6. The topological polar surface area (TPSA) is 134 Å². The lowest BCUT2D eigenvalue weighted by molar-refractivity contribution is -0.138. The Hall–Kier alpha value is -3.49. The van der Waals surface area contributed by atoms with Gasteiger partial charge in [-0.15, -0.1) is 4.36 Å². The van der Waals surface area contributed by atoms with Gasteiger partial charge >= 0.3 is 12.2 Å². The molecule has 0 aliphatic carbocycles. The standard InChI is InChI=1S/C22H23F3N6O4S/c1-12-8-14(6-7-27-12)16-4-5-17(22(23,24)25)13(2)19(16)29-21(32)30-36(26,33)18-9-28-31-10-15(34-3)11-35-20(18)31/h4-9,15H,10-11H2,1-3H3,(H3,26,29,30,32,33)/t15-,36?/m0/s1. The third-order valence-electron chi connectivity index (χ3n) is 5.62. The van der Waals surface area contributed by atoms with Gasteiger partial charge < -0.3 is 14.8 Å². The Morgan fingerprint density at radius 2 is 2.08 bits per heavy atom. The molecule has 1 aliphatic heterocycles. The highest BCUT2D eigenvalue weighted by molar-refractivity contribution is 7.91. The summed E-state index contributed by atoms with van der Waals surface area (Å²) in [7, 11) is -2.35. The number of methoxy groups -OCH3 is 1. The number of aryl methyl sites for hydroxylation is 1. The van der Waals surface area contributed by atoms with E-state index in [1.807, 2.05) is 0 Å². The summed E-state index contributed by atoms with van der Waals surface area (Å²) in [4.78, 5) is 16.8. The lowest BCUT2D eigenvalue weighted by Crippen LogP contribution is -2.32. The van der Waals surface area contributed by atoms with Gasteiger partial charge in [0.15, 0.2) is 9.92 Å². The second-order valence-electron chi connectivity index (χ2n) is 8.10. The van der Waals surface area contributed by atoms with Crippen molar-refractivity contribution in [2.24, 2.45) is 9.50 Å². The van der Waals surface area contributed by atoms with Crippen molar-refractivity contribution in [2.45, 2.75) is 37.6 Å². The summed E-state index contributed by atoms with van der Waals surface area (Å²) in [5.74, 6) is 0.0792. The molecule has 1 aliphatic rings. The van der Waals surface area contributed by atoms with E-state index in [4.69, 9.17) is 14.6 Å². The molecule has 192 valence electrons. The van der Waals surface area contributed by atoms with Gasteiger partial charge in [0, 0.05) is 24.6 Å². The minimum atomic E-state index is -4.66. The van der Waals surface area contributed by atoms with Crippen molar-refractivity contribution < 1.29 is 31.6 Å². The van der Waals surface area contributed by atoms with Crippen LogP contribution in [0, 0.1) is 13.8 Å². The van der Waals surface area contributed by atoms with E-state index in [-0.39, 0.29) is 34.7 Å². The van der Waals surface area contributed by atoms with Gasteiger partial charge in [0.05, 0.1) is 24.0 Å². The number of urea groups is 1. The zero-order chi connectivity index (χ0) is 26.3. The maximum absolute atomic E-state index is 13.6. The Bertz CT molecular complexity index is 1450. The Balaban J connectivity index is 1.74. The van der Waals surface area contributed by atoms with Crippen molar-refractivity contribution in [2.75, 3.05) is 19.0 Å². The van der Waals surface area contributed by atoms with Gasteiger partial charge in [-0.3, -0.25) is 4.98 Å². The fraction of sp³-hybridized carbons (Fsp3) is 0.318. The normalized spacial score (nSPS) is 17.0. The highest BCUT2D eigenvalue weighted by atomic mass is 32.2. The van der Waals surface area contributed by atoms with Gasteiger partial charge in [0.2, 0.25) is 5.88 Å². The molecule has 2 aromatic heterocycles. The number of benzene rings is 1. The first-order valence-corrected chi connectivity index (χ1v) is 12.2. The first-order valence-electron chi connectivity index (χ1n) is 10.6. The molecular formula is C22H23F3N6O4S. The Kier molecular flexibility index (Phi) is 6.77. The van der Waals surface area contributed by atoms with Crippen molar-refractivity contribution in [1.82, 2.24) is 14.8 Å². The van der Waals surface area contributed by atoms with E-state index < -0.39 is 27.7 Å². The number of fused-ring (bicyclic) bond motifs is 1. The molecule has 0 saturated heterocycles. The van der Waals surface area contributed by atoms with Crippen LogP contribution in [0.4, 0.5) is 23.7 Å². The number of carbonyl (C=O) groups excluding carboxylic acids is 1. The fourth-order valence-electron chi connectivity index (χ4n) is 3.83. The van der Waals surface area contributed by atoms with E-state index >= 15 is 0 Å². The summed E-state index contributed by atoms with van der Waals surface area (Å²) >= 11 is 0. The minimum Gasteiger partial charge on any atom is -0.474 e. The van der Waals surface area contributed by atoms with Gasteiger partial charge in [0.25, 0.3) is 0 Å². The van der Waals surface area contributed by atoms with Crippen LogP contribution in [0.2, 0.25) is 0 Å². The number of hydrogen-bond donors (Lipinski definition) is 2. The van der Waals surface area contributed by atoms with Crippen LogP contribution in [0.5, 0.6) is 5.88 Å². The van der Waals surface area contributed by atoms with E-state index in [1.54, 1.807) is 19.1 Å². The van der Waals surface area contributed by atoms with Gasteiger partial charge in [0.1, 0.15) is 17.6 Å². The van der Waals surface area contributed by atoms with Gasteiger partial charge in [-0.25, -0.2) is 18.8 Å². The molecule has 3 heterocycles. The number of nitrogens with zero attached hydrogens (tertiary/aromatic N) is 4. The fourth-order valence-corrected chi connectivity index (χ4v) is 4.83. The number of nitrogens with one attached hydrogen (secondary N) is 1. The molecule has 3 N–H and O–H groups in total. The molecule has 10 nitrogen and oxygen atoms in total. The molecule has 2 atom stereocenters. The molecule has 0 radical (unpaired) electrons. The van der Waals surface area contributed by atoms with Crippen molar-refractivity contribution in [1.29, 1.82) is 0 Å². The number of alkyl halides is 3. The predicted molar refractivity (Wildman–Crippen MR) is 125 cm³/mol. The number of carbonyl (C=O) groups is 1. The summed E-state index contributed by atoms with van der Waals surface area (Å²) in [5, 5.41) is 12.3. The van der Waals surface area contributed by atoms with Crippen LogP contribution in [-0.4, -0.2) is 44.8 Å². The number of anilines is 1. The van der Waals surface area contributed by atoms with Gasteiger partial charge in [-0.1, -0.05) is 6.07 Å². The Morgan fingerprint density at radius 1 is 1.33 bits per heavy atom. The molecule has 0 saturated carbocycles. The highest BCUT2D eigenvalue weighted by Crippen LogP contribution is 2.40. The second-order valence-corrected chi connectivity index (χ2v) is 9.86. The van der Waals surface area contributed by atoms with Crippen LogP contribution >= 0.6 is 0 Å². The molecule has 0 bridgehead atoms. The number of nitrogens with two attached hydrogens (primary N) is 1. The number of pyridine rings is 1. The van der Waals surface area contributed by atoms with Crippen LogP contribution in [0.25, 0.3) is 11.1 Å². The van der Waals surface area contributed by atoms with E-state index in [0.29, 0.717) is 23.4 Å². The number of rotatable bonds is 4. The SMILES string of the molecule is CO[C@@H]1COc2c(S(N)(=O)=NC(=O)Nc3c(-c4ccnc(C)c4)ccc(C(F)(F)F)c3C)cnn2C1. The third kappa shape index (κ3) is 5.05. The summed E-state index contributed by atoms with van der Waals surface area (Å²) in [6.07, 6.45) is -2.27. The van der Waals surface area contributed by atoms with E-state index in [1.165, 1.54) is 37.2 Å². The van der Waals surface area contributed by atoms with Crippen molar-refractivity contribution in [3.63, 3.8) is 0 Å². The second kappa shape index (κ2) is 9.52. The van der Waals surface area contributed by atoms with Crippen LogP contribution in [0.1, 0.15) is 16.8 Å². The molecule has 2 amide bonds. The minimum absolute atomic E-state index is 0.0792. The number of halogens is 3. The molecule has 0 fully saturated rings. The third-order valence-corrected chi connectivity index (χ3v) is 6.97. The molecule has 3 aromatic rings. The molecule has 4 rings (SSSR count). The largest absolute Gasteiger partial charge is 0.474 e. The first-order chi connectivity index (χ1) is 16.9. The summed E-state index contributed by atoms with van der Waals surface area (Å²) in [6, 6.07) is 4.24. The average molecular weight is 525 g/mol. The van der Waals surface area contributed by atoms with Gasteiger partial charge in [-0.05, 0) is 43.2 Å². The van der Waals surface area contributed by atoms with E-state index in [0.717, 1.165) is 6.07 Å². The number of hydrogen-bond acceptors (Lipinski definition) is 6. The summed E-state index contributed by atoms with van der Waals surface area (Å²) in [6.45, 7) is 3.41. The maximum Gasteiger partial charge on any atom is 0.416 e. The lowest BCUT2D eigenvalue weighted by Gasteiger charge is -2.23. The number of ether oxygens (including phenoxy) is 2. The van der Waals surface area contributed by atoms with Crippen LogP contribution in [0.3, 0.4) is 0 Å². The number of amides is 2. The van der Waals surface area contributed by atoms with E-state index in [9.17, 15) is 22.2 Å². The molecule has 14 heteroatoms. The molecular weight excluding hydrogens is 501 g/mol. The van der Waals surface area contributed by atoms with Crippen molar-refractivity contribution in [3.05, 3.63) is 53.5 Å². The molecule has 1 unspecified atom stereocenters. The van der Waals surface area contributed by atoms with Crippen LogP contribution < -0.4 is 15.2 Å². The lowest BCUT2D eigenvalue weighted by atomic mass is 9.96. The zero-order valence-corrected chi connectivity index (χ0v) is 20.3. The zero-order valence-electron chi connectivity index (χ0n) is 19.5. The Labute approximate surface area is 204 Å². The highest BCUT2D eigenvalue weighted by Gasteiger charge is 2.34. The quantitative estimate of drug-likeness (QED) is 0.531. The maximum atomic E-state index is 13.6. The van der Waals surface area contributed by atoms with Crippen molar-refractivity contribution >= 4 is 21.6 Å². The molecule has 36 heavy (non-hydrogen) atoms. The van der Waals surface area contributed by atoms with E-state index in [2.05, 4.69) is 19.8 Å². The summed E-state index contributed by atoms with van der Waals surface area (Å²) < 4.78 is 69.7. The summed E-state index contributed by atoms with van der Waals surface area (Å²) in [5.41, 5.74) is 0.130. The smallest absolute Gasteiger partial charge is 0.416 e. The molecule has 0 spiro atoms. The van der Waals surface area contributed by atoms with Gasteiger partial charge in [-0.2, -0.15) is 18.3 Å².